The number of hydrogen-bond donors (Lipinski definition) is 1. The first-order chi connectivity index (χ1) is 7.08. The summed E-state index contributed by atoms with van der Waals surface area (Å²) in [7, 11) is 0. The molecule has 0 aliphatic heterocycles. The fourth-order valence-electron chi connectivity index (χ4n) is 1.08. The van der Waals surface area contributed by atoms with Crippen LogP contribution in [0.2, 0.25) is 0 Å². The highest BCUT2D eigenvalue weighted by atomic mass is 79.9. The van der Waals surface area contributed by atoms with Gasteiger partial charge in [0, 0.05) is 4.48 Å². The summed E-state index contributed by atoms with van der Waals surface area (Å²) in [5, 5.41) is 8.61. The van der Waals surface area contributed by atoms with E-state index in [1.165, 1.54) is 0 Å². The number of carboxylic acids is 1. The average Bonchev–Trinajstić information content (AvgIpc) is 2.14. The summed E-state index contributed by atoms with van der Waals surface area (Å²) < 4.78 is 6.09. The molecule has 15 heavy (non-hydrogen) atoms. The normalized spacial score (nSPS) is 9.67. The Kier molecular flexibility index (Phi) is 4.37. The Balaban J connectivity index is 2.65. The summed E-state index contributed by atoms with van der Waals surface area (Å²) >= 11 is 3.18. The fraction of sp³-hybridized carbons (Fsp3) is 0.182. The second-order valence-corrected chi connectivity index (χ2v) is 4.15. The number of benzene rings is 1. The third-order valence-corrected chi connectivity index (χ3v) is 1.88. The molecule has 0 bridgehead atoms. The lowest BCUT2D eigenvalue weighted by molar-refractivity contribution is -0.136. The van der Waals surface area contributed by atoms with E-state index in [9.17, 15) is 4.79 Å². The van der Waals surface area contributed by atoms with Gasteiger partial charge in [0.05, 0.1) is 6.42 Å². The van der Waals surface area contributed by atoms with E-state index in [4.69, 9.17) is 9.84 Å². The van der Waals surface area contributed by atoms with E-state index in [-0.39, 0.29) is 6.42 Å². The Morgan fingerprint density at radius 2 is 2.27 bits per heavy atom. The van der Waals surface area contributed by atoms with E-state index in [0.717, 1.165) is 10.0 Å². The standard InChI is InChI=1S/C11H11BrO3/c1-8(12)7-15-10-4-2-3-9(5-10)6-11(13)14/h2-5H,1,6-7H2,(H,13,14). The second kappa shape index (κ2) is 5.56. The smallest absolute Gasteiger partial charge is 0.307 e. The molecule has 4 heteroatoms. The molecule has 0 aromatic heterocycles. The molecule has 3 nitrogen and oxygen atoms in total. The number of hydrogen-bond acceptors (Lipinski definition) is 2. The predicted molar refractivity (Wildman–Crippen MR) is 61.3 cm³/mol. The minimum atomic E-state index is -0.850. The summed E-state index contributed by atoms with van der Waals surface area (Å²) in [6.45, 7) is 4.01. The van der Waals surface area contributed by atoms with Crippen molar-refractivity contribution >= 4 is 21.9 Å². The number of halogens is 1. The molecule has 0 aliphatic carbocycles. The van der Waals surface area contributed by atoms with E-state index < -0.39 is 5.97 Å². The van der Waals surface area contributed by atoms with Crippen LogP contribution in [-0.2, 0) is 11.2 Å². The van der Waals surface area contributed by atoms with Crippen molar-refractivity contribution in [3.8, 4) is 5.75 Å². The van der Waals surface area contributed by atoms with Gasteiger partial charge in [0.15, 0.2) is 0 Å². The van der Waals surface area contributed by atoms with Gasteiger partial charge in [-0.05, 0) is 17.7 Å². The van der Waals surface area contributed by atoms with E-state index in [1.807, 2.05) is 0 Å². The summed E-state index contributed by atoms with van der Waals surface area (Å²) in [6.07, 6.45) is 0.00641. The molecule has 0 saturated carbocycles. The Bertz CT molecular complexity index is 374. The van der Waals surface area contributed by atoms with Crippen molar-refractivity contribution in [2.24, 2.45) is 0 Å². The SMILES string of the molecule is C=C(Br)COc1cccc(CC(=O)O)c1. The minimum absolute atomic E-state index is 0.00641. The molecule has 0 heterocycles. The number of ether oxygens (including phenoxy) is 1. The van der Waals surface area contributed by atoms with Gasteiger partial charge in [0.25, 0.3) is 0 Å². The summed E-state index contributed by atoms with van der Waals surface area (Å²) in [5.41, 5.74) is 0.722. The zero-order valence-corrected chi connectivity index (χ0v) is 9.66. The van der Waals surface area contributed by atoms with Gasteiger partial charge in [-0.15, -0.1) is 0 Å². The van der Waals surface area contributed by atoms with Gasteiger partial charge in [0.2, 0.25) is 0 Å². The lowest BCUT2D eigenvalue weighted by Crippen LogP contribution is -2.01. The molecule has 0 fully saturated rings. The van der Waals surface area contributed by atoms with Crippen molar-refractivity contribution in [3.63, 3.8) is 0 Å². The first kappa shape index (κ1) is 11.8. The lowest BCUT2D eigenvalue weighted by Gasteiger charge is -2.06. The van der Waals surface area contributed by atoms with Crippen LogP contribution in [0.1, 0.15) is 5.56 Å². The van der Waals surface area contributed by atoms with Crippen LogP contribution in [0.25, 0.3) is 0 Å². The van der Waals surface area contributed by atoms with Crippen LogP contribution in [0.5, 0.6) is 5.75 Å². The summed E-state index contributed by atoms with van der Waals surface area (Å²) in [4.78, 5) is 10.5. The van der Waals surface area contributed by atoms with Crippen LogP contribution in [0.4, 0.5) is 0 Å². The largest absolute Gasteiger partial charge is 0.488 e. The van der Waals surface area contributed by atoms with Crippen LogP contribution in [0.3, 0.4) is 0 Å². The molecule has 80 valence electrons. The van der Waals surface area contributed by atoms with Gasteiger partial charge in [0.1, 0.15) is 12.4 Å². The highest BCUT2D eigenvalue weighted by molar-refractivity contribution is 9.11. The predicted octanol–water partition coefficient (Wildman–Crippen LogP) is 2.60. The van der Waals surface area contributed by atoms with Crippen LogP contribution < -0.4 is 4.74 Å². The number of carbonyl (C=O) groups is 1. The molecule has 1 rings (SSSR count). The average molecular weight is 271 g/mol. The van der Waals surface area contributed by atoms with Crippen molar-refractivity contribution in [2.75, 3.05) is 6.61 Å². The first-order valence-electron chi connectivity index (χ1n) is 4.35. The highest BCUT2D eigenvalue weighted by Gasteiger charge is 2.01. The molecule has 0 amide bonds. The Morgan fingerprint density at radius 3 is 2.87 bits per heavy atom. The Morgan fingerprint density at radius 1 is 1.53 bits per heavy atom. The van der Waals surface area contributed by atoms with E-state index in [1.54, 1.807) is 24.3 Å². The second-order valence-electron chi connectivity index (χ2n) is 3.02. The van der Waals surface area contributed by atoms with Crippen LogP contribution in [0.15, 0.2) is 35.3 Å². The van der Waals surface area contributed by atoms with Gasteiger partial charge in [-0.1, -0.05) is 34.6 Å². The quantitative estimate of drug-likeness (QED) is 0.895. The molecule has 0 spiro atoms. The van der Waals surface area contributed by atoms with Gasteiger partial charge >= 0.3 is 5.97 Å². The molecule has 0 saturated heterocycles. The van der Waals surface area contributed by atoms with E-state index in [0.29, 0.717) is 12.4 Å². The maximum atomic E-state index is 10.5. The third-order valence-electron chi connectivity index (χ3n) is 1.65. The molecule has 0 atom stereocenters. The highest BCUT2D eigenvalue weighted by Crippen LogP contribution is 2.15. The molecule has 1 aromatic carbocycles. The topological polar surface area (TPSA) is 46.5 Å². The van der Waals surface area contributed by atoms with Crippen molar-refractivity contribution in [1.29, 1.82) is 0 Å². The first-order valence-corrected chi connectivity index (χ1v) is 5.14. The van der Waals surface area contributed by atoms with Gasteiger partial charge < -0.3 is 9.84 Å². The number of carboxylic acid groups (broad SMARTS) is 1. The molecule has 1 N–H and O–H groups in total. The van der Waals surface area contributed by atoms with Crippen molar-refractivity contribution in [1.82, 2.24) is 0 Å². The molecule has 0 aliphatic rings. The van der Waals surface area contributed by atoms with Crippen LogP contribution in [-0.4, -0.2) is 17.7 Å². The van der Waals surface area contributed by atoms with Crippen molar-refractivity contribution in [3.05, 3.63) is 40.9 Å². The lowest BCUT2D eigenvalue weighted by atomic mass is 10.1. The van der Waals surface area contributed by atoms with Crippen molar-refractivity contribution in [2.45, 2.75) is 6.42 Å². The molecule has 0 radical (unpaired) electrons. The number of rotatable bonds is 5. The Labute approximate surface area is 96.5 Å². The maximum absolute atomic E-state index is 10.5. The van der Waals surface area contributed by atoms with Crippen LogP contribution >= 0.6 is 15.9 Å². The summed E-state index contributed by atoms with van der Waals surface area (Å²) in [6, 6.07) is 7.01. The molecular formula is C11H11BrO3. The van der Waals surface area contributed by atoms with E-state index in [2.05, 4.69) is 22.5 Å². The van der Waals surface area contributed by atoms with Gasteiger partial charge in [-0.3, -0.25) is 4.79 Å². The van der Waals surface area contributed by atoms with E-state index >= 15 is 0 Å². The number of aliphatic carboxylic acids is 1. The minimum Gasteiger partial charge on any atom is -0.488 e. The van der Waals surface area contributed by atoms with Gasteiger partial charge in [-0.2, -0.15) is 0 Å². The Hall–Kier alpha value is -1.29. The zero-order chi connectivity index (χ0) is 11.3. The zero-order valence-electron chi connectivity index (χ0n) is 8.07. The third kappa shape index (κ3) is 4.65. The molecule has 1 aromatic rings. The van der Waals surface area contributed by atoms with Crippen LogP contribution in [0, 0.1) is 0 Å². The molecular weight excluding hydrogens is 260 g/mol. The van der Waals surface area contributed by atoms with Crippen molar-refractivity contribution < 1.29 is 14.6 Å². The monoisotopic (exact) mass is 270 g/mol. The summed E-state index contributed by atoms with van der Waals surface area (Å²) in [5.74, 6) is -0.202. The fourth-order valence-corrected chi connectivity index (χ4v) is 1.20. The molecule has 0 unspecified atom stereocenters. The maximum Gasteiger partial charge on any atom is 0.307 e. The van der Waals surface area contributed by atoms with Gasteiger partial charge in [-0.25, -0.2) is 0 Å².